The first-order chi connectivity index (χ1) is 8.71. The number of nitrogens with zero attached hydrogens (tertiary/aromatic N) is 1. The lowest BCUT2D eigenvalue weighted by atomic mass is 10.2. The Bertz CT molecular complexity index is 322. The van der Waals surface area contributed by atoms with Crippen molar-refractivity contribution < 1.29 is 0 Å². The van der Waals surface area contributed by atoms with Gasteiger partial charge in [-0.3, -0.25) is 4.90 Å². The minimum absolute atomic E-state index is 0.679. The highest BCUT2D eigenvalue weighted by Gasteiger charge is 2.11. The molecule has 0 aliphatic carbocycles. The molecule has 0 aliphatic rings. The van der Waals surface area contributed by atoms with E-state index in [0.29, 0.717) is 6.04 Å². The lowest BCUT2D eigenvalue weighted by Gasteiger charge is -2.26. The van der Waals surface area contributed by atoms with E-state index in [1.54, 1.807) is 0 Å². The molecule has 1 rings (SSSR count). The summed E-state index contributed by atoms with van der Waals surface area (Å²) in [4.78, 5) is 5.50. The number of hydrogen-bond acceptors (Lipinski definition) is 3. The van der Waals surface area contributed by atoms with Crippen LogP contribution < -0.4 is 5.32 Å². The van der Waals surface area contributed by atoms with Gasteiger partial charge in [0.2, 0.25) is 0 Å². The lowest BCUT2D eigenvalue weighted by molar-refractivity contribution is 0.208. The number of hydrogen-bond donors (Lipinski definition) is 1. The van der Waals surface area contributed by atoms with E-state index >= 15 is 0 Å². The van der Waals surface area contributed by atoms with Gasteiger partial charge < -0.3 is 5.32 Å². The minimum atomic E-state index is 0.679. The van der Waals surface area contributed by atoms with Crippen LogP contribution in [0.25, 0.3) is 0 Å². The maximum atomic E-state index is 3.46. The molecule has 1 heterocycles. The first-order valence-electron chi connectivity index (χ1n) is 7.23. The van der Waals surface area contributed by atoms with Crippen LogP contribution in [0.2, 0.25) is 0 Å². The average molecular weight is 268 g/mol. The molecule has 104 valence electrons. The predicted octanol–water partition coefficient (Wildman–Crippen LogP) is 3.87. The minimum Gasteiger partial charge on any atom is -0.312 e. The molecule has 0 aliphatic heterocycles. The van der Waals surface area contributed by atoms with Crippen molar-refractivity contribution in [3.8, 4) is 0 Å². The Hall–Kier alpha value is -0.380. The Labute approximate surface area is 116 Å². The summed E-state index contributed by atoms with van der Waals surface area (Å²) in [5.41, 5.74) is 0. The van der Waals surface area contributed by atoms with Gasteiger partial charge in [-0.05, 0) is 45.0 Å². The van der Waals surface area contributed by atoms with E-state index in [1.165, 1.54) is 22.6 Å². The maximum Gasteiger partial charge on any atom is 0.0330 e. The van der Waals surface area contributed by atoms with Gasteiger partial charge in [0.1, 0.15) is 0 Å². The van der Waals surface area contributed by atoms with Gasteiger partial charge in [0.05, 0.1) is 0 Å². The fourth-order valence-corrected chi connectivity index (χ4v) is 3.04. The van der Waals surface area contributed by atoms with Crippen LogP contribution in [-0.2, 0) is 13.1 Å². The second kappa shape index (κ2) is 8.68. The molecule has 3 heteroatoms. The van der Waals surface area contributed by atoms with E-state index < -0.39 is 0 Å². The molecule has 0 saturated carbocycles. The van der Waals surface area contributed by atoms with E-state index in [2.05, 4.69) is 50.0 Å². The van der Waals surface area contributed by atoms with Crippen LogP contribution in [0.4, 0.5) is 0 Å². The van der Waals surface area contributed by atoms with Gasteiger partial charge in [-0.2, -0.15) is 0 Å². The monoisotopic (exact) mass is 268 g/mol. The molecule has 0 amide bonds. The molecule has 0 radical (unpaired) electrons. The summed E-state index contributed by atoms with van der Waals surface area (Å²) in [5.74, 6) is 0. The van der Waals surface area contributed by atoms with E-state index in [9.17, 15) is 0 Å². The molecule has 0 bridgehead atoms. The topological polar surface area (TPSA) is 15.3 Å². The Morgan fingerprint density at radius 1 is 1.22 bits per heavy atom. The lowest BCUT2D eigenvalue weighted by Crippen LogP contribution is -2.31. The van der Waals surface area contributed by atoms with Gasteiger partial charge in [0, 0.05) is 28.9 Å². The third-order valence-corrected chi connectivity index (χ3v) is 4.49. The first kappa shape index (κ1) is 15.7. The van der Waals surface area contributed by atoms with Crippen molar-refractivity contribution in [2.24, 2.45) is 0 Å². The Morgan fingerprint density at radius 2 is 1.94 bits per heavy atom. The van der Waals surface area contributed by atoms with Crippen LogP contribution in [0.15, 0.2) is 12.1 Å². The normalized spacial score (nSPS) is 13.2. The molecule has 0 aromatic carbocycles. The molecule has 0 fully saturated rings. The molecule has 0 saturated heterocycles. The van der Waals surface area contributed by atoms with Crippen molar-refractivity contribution in [1.29, 1.82) is 0 Å². The van der Waals surface area contributed by atoms with E-state index in [1.807, 2.05) is 11.3 Å². The standard InChI is InChI=1S/C15H28N2S/c1-5-10-16-11-14-8-9-15(18-14)12-17(7-3)13(4)6-2/h8-9,13,16H,5-7,10-12H2,1-4H3. The van der Waals surface area contributed by atoms with Crippen LogP contribution in [0.1, 0.15) is 50.3 Å². The fourth-order valence-electron chi connectivity index (χ4n) is 2.03. The summed E-state index contributed by atoms with van der Waals surface area (Å²) in [6.45, 7) is 13.4. The molecule has 18 heavy (non-hydrogen) atoms. The highest BCUT2D eigenvalue weighted by atomic mass is 32.1. The largest absolute Gasteiger partial charge is 0.312 e. The second-order valence-corrected chi connectivity index (χ2v) is 6.12. The van der Waals surface area contributed by atoms with E-state index in [4.69, 9.17) is 0 Å². The number of thiophene rings is 1. The van der Waals surface area contributed by atoms with Crippen molar-refractivity contribution >= 4 is 11.3 Å². The predicted molar refractivity (Wildman–Crippen MR) is 82.2 cm³/mol. The fraction of sp³-hybridized carbons (Fsp3) is 0.733. The number of rotatable bonds is 9. The third kappa shape index (κ3) is 5.09. The number of nitrogens with one attached hydrogen (secondary N) is 1. The SMILES string of the molecule is CCCNCc1ccc(CN(CC)C(C)CC)s1. The highest BCUT2D eigenvalue weighted by Crippen LogP contribution is 2.19. The third-order valence-electron chi connectivity index (χ3n) is 3.42. The van der Waals surface area contributed by atoms with Gasteiger partial charge in [-0.15, -0.1) is 11.3 Å². The summed E-state index contributed by atoms with van der Waals surface area (Å²) >= 11 is 1.95. The van der Waals surface area contributed by atoms with Gasteiger partial charge in [-0.25, -0.2) is 0 Å². The van der Waals surface area contributed by atoms with Crippen molar-refractivity contribution in [1.82, 2.24) is 10.2 Å². The van der Waals surface area contributed by atoms with Crippen LogP contribution in [0.5, 0.6) is 0 Å². The van der Waals surface area contributed by atoms with Crippen molar-refractivity contribution in [3.63, 3.8) is 0 Å². The van der Waals surface area contributed by atoms with Crippen LogP contribution >= 0.6 is 11.3 Å². The molecule has 1 aromatic rings. The smallest absolute Gasteiger partial charge is 0.0330 e. The van der Waals surface area contributed by atoms with E-state index in [-0.39, 0.29) is 0 Å². The molecule has 0 spiro atoms. The zero-order chi connectivity index (χ0) is 13.4. The maximum absolute atomic E-state index is 3.46. The van der Waals surface area contributed by atoms with Crippen molar-refractivity contribution in [3.05, 3.63) is 21.9 Å². The second-order valence-electron chi connectivity index (χ2n) is 4.87. The van der Waals surface area contributed by atoms with Crippen LogP contribution in [0, 0.1) is 0 Å². The molecule has 1 unspecified atom stereocenters. The van der Waals surface area contributed by atoms with Gasteiger partial charge in [0.25, 0.3) is 0 Å². The van der Waals surface area contributed by atoms with Gasteiger partial charge in [-0.1, -0.05) is 20.8 Å². The van der Waals surface area contributed by atoms with Crippen molar-refractivity contribution in [2.45, 2.75) is 59.7 Å². The first-order valence-corrected chi connectivity index (χ1v) is 8.05. The Morgan fingerprint density at radius 3 is 2.56 bits per heavy atom. The molecule has 1 atom stereocenters. The molecular weight excluding hydrogens is 240 g/mol. The van der Waals surface area contributed by atoms with Gasteiger partial charge in [0.15, 0.2) is 0 Å². The quantitative estimate of drug-likeness (QED) is 0.684. The molecule has 1 aromatic heterocycles. The summed E-state index contributed by atoms with van der Waals surface area (Å²) in [6, 6.07) is 5.24. The summed E-state index contributed by atoms with van der Waals surface area (Å²) < 4.78 is 0. The zero-order valence-corrected chi connectivity index (χ0v) is 13.1. The van der Waals surface area contributed by atoms with Gasteiger partial charge >= 0.3 is 0 Å². The average Bonchev–Trinajstić information content (AvgIpc) is 2.83. The summed E-state index contributed by atoms with van der Waals surface area (Å²) in [7, 11) is 0. The van der Waals surface area contributed by atoms with E-state index in [0.717, 1.165) is 26.2 Å². The van der Waals surface area contributed by atoms with Crippen LogP contribution in [-0.4, -0.2) is 24.0 Å². The molecular formula is C15H28N2S. The van der Waals surface area contributed by atoms with Crippen LogP contribution in [0.3, 0.4) is 0 Å². The molecule has 1 N–H and O–H groups in total. The summed E-state index contributed by atoms with van der Waals surface area (Å²) in [6.07, 6.45) is 2.43. The Balaban J connectivity index is 2.46. The zero-order valence-electron chi connectivity index (χ0n) is 12.3. The molecule has 2 nitrogen and oxygen atoms in total. The Kier molecular flexibility index (Phi) is 7.56. The van der Waals surface area contributed by atoms with Crippen molar-refractivity contribution in [2.75, 3.05) is 13.1 Å². The highest BCUT2D eigenvalue weighted by molar-refractivity contribution is 7.11. The summed E-state index contributed by atoms with van der Waals surface area (Å²) in [5, 5.41) is 3.46.